The predicted molar refractivity (Wildman–Crippen MR) is 239 cm³/mol. The van der Waals surface area contributed by atoms with Crippen molar-refractivity contribution in [2.24, 2.45) is 10.9 Å². The van der Waals surface area contributed by atoms with Gasteiger partial charge in [-0.3, -0.25) is 9.59 Å². The van der Waals surface area contributed by atoms with Crippen LogP contribution in [0.3, 0.4) is 0 Å². The van der Waals surface area contributed by atoms with Crippen molar-refractivity contribution in [1.29, 1.82) is 0 Å². The number of amides is 1. The van der Waals surface area contributed by atoms with Gasteiger partial charge in [0, 0.05) is 54.6 Å². The Kier molecular flexibility index (Phi) is 10.3. The molecule has 14 nitrogen and oxygen atoms in total. The summed E-state index contributed by atoms with van der Waals surface area (Å²) in [4.78, 5) is 35.3. The fourth-order valence-electron chi connectivity index (χ4n) is 11.0. The van der Waals surface area contributed by atoms with Crippen molar-refractivity contribution < 1.29 is 53.7 Å². The van der Waals surface area contributed by atoms with Gasteiger partial charge in [0.05, 0.1) is 55.2 Å². The first-order chi connectivity index (χ1) is 31.6. The number of fused-ring (bicyclic) bond motifs is 10. The topological polar surface area (TPSA) is 189 Å². The number of methoxy groups -OCH3 is 1. The summed E-state index contributed by atoms with van der Waals surface area (Å²) in [6.45, 7) is -0.783. The Labute approximate surface area is 375 Å². The number of hydrogen-bond donors (Lipinski definition) is 5. The molecule has 8 unspecified atom stereocenters. The van der Waals surface area contributed by atoms with Crippen LogP contribution in [0.4, 0.5) is 0 Å². The fourth-order valence-corrected chi connectivity index (χ4v) is 11.0. The number of rotatable bonds is 5. The van der Waals surface area contributed by atoms with Crippen LogP contribution in [0.15, 0.2) is 76.0 Å². The first-order valence-corrected chi connectivity index (χ1v) is 22.1. The third-order valence-corrected chi connectivity index (χ3v) is 14.2. The zero-order chi connectivity index (χ0) is 44.7. The van der Waals surface area contributed by atoms with Crippen molar-refractivity contribution in [3.63, 3.8) is 0 Å². The molecule has 0 radical (unpaired) electrons. The van der Waals surface area contributed by atoms with Crippen LogP contribution in [0.2, 0.25) is 0 Å². The monoisotopic (exact) mass is 878 g/mol. The zero-order valence-corrected chi connectivity index (χ0v) is 35.9. The number of carbonyl (C=O) groups excluding carboxylic acids is 2. The highest BCUT2D eigenvalue weighted by atomic mass is 16.7. The van der Waals surface area contributed by atoms with E-state index in [0.717, 1.165) is 52.8 Å². The van der Waals surface area contributed by atoms with Gasteiger partial charge in [-0.2, -0.15) is 4.99 Å². The molecule has 8 bridgehead atoms. The van der Waals surface area contributed by atoms with E-state index in [2.05, 4.69) is 28.4 Å². The molecule has 3 aliphatic carbocycles. The number of hydrogen-bond acceptors (Lipinski definition) is 13. The quantitative estimate of drug-likeness (QED) is 0.180. The molecule has 1 amide bonds. The van der Waals surface area contributed by atoms with Crippen LogP contribution in [0.1, 0.15) is 73.7 Å². The SMILES string of the molecule is CNCC1=CC=C2N=CC(C3C=Cc4c(OC)cc5c6c(c7c(O)c5c4OC4OC(CO3)C(O)C(OC#CCc3cccc5c3CN(CC7=O)C5=O)C4(O)CO)C3CCCC3C=C6)=C2[CH+]1. The van der Waals surface area contributed by atoms with E-state index in [1.165, 1.54) is 12.0 Å². The smallest absolute Gasteiger partial charge is 0.254 e. The number of phenolic OH excluding ortho intramolecular Hbond substituents is 1. The summed E-state index contributed by atoms with van der Waals surface area (Å²) in [6, 6.07) is 7.13. The first kappa shape index (κ1) is 41.5. The highest BCUT2D eigenvalue weighted by Gasteiger charge is 2.59. The summed E-state index contributed by atoms with van der Waals surface area (Å²) in [5.74, 6) is 2.19. The van der Waals surface area contributed by atoms with Gasteiger partial charge in [-0.05, 0) is 78.3 Å². The van der Waals surface area contributed by atoms with Gasteiger partial charge in [0.25, 0.3) is 5.91 Å². The van der Waals surface area contributed by atoms with E-state index in [4.69, 9.17) is 23.7 Å². The molecule has 5 N–H and O–H groups in total. The van der Waals surface area contributed by atoms with Crippen LogP contribution in [0.25, 0.3) is 22.9 Å². The molecular formula is C51H48N3O11+. The Morgan fingerprint density at radius 3 is 2.82 bits per heavy atom. The molecule has 0 aromatic heterocycles. The summed E-state index contributed by atoms with van der Waals surface area (Å²) < 4.78 is 32.1. The van der Waals surface area contributed by atoms with Gasteiger partial charge in [-0.1, -0.05) is 36.6 Å². The Bertz CT molecular complexity index is 2830. The molecular weight excluding hydrogens is 831 g/mol. The van der Waals surface area contributed by atoms with Crippen LogP contribution >= 0.6 is 0 Å². The van der Waals surface area contributed by atoms with Gasteiger partial charge in [-0.25, -0.2) is 0 Å². The molecule has 1 saturated carbocycles. The average Bonchev–Trinajstić information content (AvgIpc) is 4.04. The molecule has 65 heavy (non-hydrogen) atoms. The van der Waals surface area contributed by atoms with E-state index < -0.39 is 48.7 Å². The van der Waals surface area contributed by atoms with Crippen molar-refractivity contribution in [2.75, 3.05) is 40.5 Å². The van der Waals surface area contributed by atoms with Gasteiger partial charge in [0.2, 0.25) is 6.29 Å². The zero-order valence-electron chi connectivity index (χ0n) is 35.9. The second-order valence-electron chi connectivity index (χ2n) is 17.8. The minimum Gasteiger partial charge on any atom is -0.506 e. The molecule has 8 aliphatic rings. The van der Waals surface area contributed by atoms with Gasteiger partial charge < -0.3 is 54.3 Å². The normalized spacial score (nSPS) is 29.6. The molecule has 5 aliphatic heterocycles. The predicted octanol–water partition coefficient (Wildman–Crippen LogP) is 4.43. The van der Waals surface area contributed by atoms with Crippen LogP contribution in [0.5, 0.6) is 17.2 Å². The van der Waals surface area contributed by atoms with Crippen molar-refractivity contribution in [2.45, 2.75) is 74.5 Å². The number of aliphatic imine (C=N–C) groups is 1. The number of nitrogens with zero attached hydrogens (tertiary/aromatic N) is 2. The summed E-state index contributed by atoms with van der Waals surface area (Å²) in [6.07, 6.45) is 13.8. The molecule has 2 fully saturated rings. The molecule has 11 rings (SSSR count). The summed E-state index contributed by atoms with van der Waals surface area (Å²) >= 11 is 0. The van der Waals surface area contributed by atoms with Gasteiger partial charge in [-0.15, -0.1) is 0 Å². The van der Waals surface area contributed by atoms with Crippen LogP contribution in [0, 0.1) is 24.4 Å². The molecule has 3 aromatic carbocycles. The summed E-state index contributed by atoms with van der Waals surface area (Å²) in [7, 11) is 3.38. The number of benzene rings is 3. The molecule has 5 heterocycles. The molecule has 0 spiro atoms. The summed E-state index contributed by atoms with van der Waals surface area (Å²) in [5.41, 5.74) is 4.56. The lowest BCUT2D eigenvalue weighted by Crippen LogP contribution is -2.70. The third-order valence-electron chi connectivity index (χ3n) is 14.2. The fraction of sp³-hybridized carbons (Fsp3) is 0.373. The number of nitrogens with one attached hydrogen (secondary N) is 1. The summed E-state index contributed by atoms with van der Waals surface area (Å²) in [5, 5.41) is 52.4. The molecule has 1 saturated heterocycles. The van der Waals surface area contributed by atoms with Crippen molar-refractivity contribution in [3.8, 4) is 29.3 Å². The Hall–Kier alpha value is -6.18. The maximum Gasteiger partial charge on any atom is 0.254 e. The lowest BCUT2D eigenvalue weighted by atomic mass is 9.75. The Morgan fingerprint density at radius 1 is 1.12 bits per heavy atom. The maximum absolute atomic E-state index is 15.1. The van der Waals surface area contributed by atoms with Crippen LogP contribution in [-0.4, -0.2) is 120 Å². The number of aliphatic hydroxyl groups is 3. The lowest BCUT2D eigenvalue weighted by molar-refractivity contribution is -0.327. The van der Waals surface area contributed by atoms with Crippen molar-refractivity contribution in [3.05, 3.63) is 116 Å². The Morgan fingerprint density at radius 2 is 1.98 bits per heavy atom. The number of aliphatic hydroxyl groups excluding tert-OH is 2. The van der Waals surface area contributed by atoms with E-state index in [9.17, 15) is 25.2 Å². The third kappa shape index (κ3) is 6.55. The second-order valence-corrected chi connectivity index (χ2v) is 17.8. The van der Waals surface area contributed by atoms with E-state index in [1.807, 2.05) is 37.8 Å². The lowest BCUT2D eigenvalue weighted by Gasteiger charge is -2.47. The van der Waals surface area contributed by atoms with E-state index in [1.54, 1.807) is 36.6 Å². The standard InChI is InChI=1S/C51H47N3O11/c1-52-20-26-11-15-37-33(18-26)35(21-53-37)39-16-14-32-40(61-2)19-34-30-13-12-28-7-3-9-29(28)42(30)44-38(56)23-54-22-36-27(6-4-10-31(36)49(54)59)8-5-17-62-48-45(57)41(24-63-39)64-50(51(48,60)25-55)65-47(32)43(34)46(44)58/h4,6,10-16,18-19,21,28-29,39,41,45,48,50,52,55,57,60H,3,7-9,20,22-25H2,1-2H3/p+1. The highest BCUT2D eigenvalue weighted by Crippen LogP contribution is 2.55. The van der Waals surface area contributed by atoms with E-state index in [0.29, 0.717) is 39.9 Å². The van der Waals surface area contributed by atoms with Gasteiger partial charge in [0.1, 0.15) is 47.2 Å². The first-order valence-electron chi connectivity index (χ1n) is 22.1. The number of carbonyl (C=O) groups is 2. The molecule has 3 aromatic rings. The van der Waals surface area contributed by atoms with Gasteiger partial charge in [0.15, 0.2) is 23.2 Å². The Balaban J connectivity index is 1.17. The number of likely N-dealkylation sites (N-methyl/N-ethyl adjacent to an activating group) is 1. The van der Waals surface area contributed by atoms with Crippen LogP contribution in [-0.2, 0) is 27.2 Å². The van der Waals surface area contributed by atoms with E-state index >= 15 is 4.79 Å². The van der Waals surface area contributed by atoms with Crippen molar-refractivity contribution >= 4 is 40.8 Å². The van der Waals surface area contributed by atoms with Crippen LogP contribution < -0.4 is 14.8 Å². The molecule has 14 heteroatoms. The molecule has 8 atom stereocenters. The number of allylic oxidation sites excluding steroid dienone is 4. The second kappa shape index (κ2) is 16.1. The number of aromatic hydroxyl groups is 1. The maximum atomic E-state index is 15.1. The largest absolute Gasteiger partial charge is 0.506 e. The highest BCUT2D eigenvalue weighted by molar-refractivity contribution is 6.14. The number of Topliss-reactive ketones (excluding diaryl/α,β-unsaturated/α-hetero) is 1. The minimum absolute atomic E-state index is 0.0402. The molecule has 332 valence electrons. The number of ketones is 1. The van der Waals surface area contributed by atoms with E-state index in [-0.39, 0.29) is 66.3 Å². The number of ether oxygens (including phenoxy) is 5. The minimum atomic E-state index is -2.46. The van der Waals surface area contributed by atoms with Gasteiger partial charge >= 0.3 is 0 Å². The number of phenols is 1. The van der Waals surface area contributed by atoms with Crippen molar-refractivity contribution in [1.82, 2.24) is 10.2 Å². The average molecular weight is 879 g/mol.